The van der Waals surface area contributed by atoms with Crippen molar-refractivity contribution < 1.29 is 13.2 Å². The van der Waals surface area contributed by atoms with Crippen molar-refractivity contribution in [3.63, 3.8) is 0 Å². The van der Waals surface area contributed by atoms with Crippen LogP contribution in [-0.2, 0) is 16.4 Å². The lowest BCUT2D eigenvalue weighted by Gasteiger charge is -2.07. The van der Waals surface area contributed by atoms with Gasteiger partial charge in [-0.15, -0.1) is 0 Å². The number of nitrogens with two attached hydrogens (primary N) is 1. The number of methoxy groups -OCH3 is 1. The van der Waals surface area contributed by atoms with Crippen LogP contribution in [0.15, 0.2) is 47.4 Å². The molecule has 6 nitrogen and oxygen atoms in total. The number of anilines is 1. The zero-order valence-corrected chi connectivity index (χ0v) is 12.4. The van der Waals surface area contributed by atoms with Crippen molar-refractivity contribution >= 4 is 15.8 Å². The minimum absolute atomic E-state index is 0.119. The van der Waals surface area contributed by atoms with Crippen molar-refractivity contribution in [1.82, 2.24) is 4.98 Å². The Bertz CT molecular complexity index is 700. The van der Waals surface area contributed by atoms with Gasteiger partial charge in [0.1, 0.15) is 5.82 Å². The summed E-state index contributed by atoms with van der Waals surface area (Å²) in [6.07, 6.45) is 0.740. The van der Waals surface area contributed by atoms with Crippen molar-refractivity contribution in [1.29, 1.82) is 0 Å². The fraction of sp³-hybridized carbons (Fsp3) is 0.214. The van der Waals surface area contributed by atoms with Crippen LogP contribution in [0.25, 0.3) is 0 Å². The maximum absolute atomic E-state index is 11.1. The van der Waals surface area contributed by atoms with E-state index in [0.717, 1.165) is 17.8 Å². The normalized spacial score (nSPS) is 11.1. The molecule has 0 saturated carbocycles. The average Bonchev–Trinajstić information content (AvgIpc) is 2.47. The Hall–Kier alpha value is -2.12. The van der Waals surface area contributed by atoms with Crippen LogP contribution >= 0.6 is 0 Å². The lowest BCUT2D eigenvalue weighted by Crippen LogP contribution is -2.12. The Morgan fingerprint density at radius 1 is 1.19 bits per heavy atom. The van der Waals surface area contributed by atoms with Gasteiger partial charge in [-0.1, -0.05) is 18.2 Å². The number of pyridine rings is 1. The summed E-state index contributed by atoms with van der Waals surface area (Å²) in [5.74, 6) is 1.29. The van der Waals surface area contributed by atoms with Gasteiger partial charge in [0.15, 0.2) is 0 Å². The molecule has 0 bridgehead atoms. The summed E-state index contributed by atoms with van der Waals surface area (Å²) in [5.41, 5.74) is 1.01. The number of rotatable bonds is 6. The number of primary sulfonamides is 1. The number of hydrogen-bond donors (Lipinski definition) is 2. The van der Waals surface area contributed by atoms with Gasteiger partial charge in [-0.3, -0.25) is 0 Å². The largest absolute Gasteiger partial charge is 0.481 e. The molecule has 0 fully saturated rings. The third-order valence-corrected chi connectivity index (χ3v) is 3.83. The zero-order valence-electron chi connectivity index (χ0n) is 11.6. The summed E-state index contributed by atoms with van der Waals surface area (Å²) in [5, 5.41) is 8.23. The van der Waals surface area contributed by atoms with E-state index in [1.807, 2.05) is 12.1 Å². The molecule has 1 aromatic heterocycles. The Labute approximate surface area is 124 Å². The Balaban J connectivity index is 1.91. The van der Waals surface area contributed by atoms with Gasteiger partial charge in [0.25, 0.3) is 0 Å². The molecule has 0 saturated heterocycles. The lowest BCUT2D eigenvalue weighted by molar-refractivity contribution is 0.398. The molecule has 7 heteroatoms. The van der Waals surface area contributed by atoms with Gasteiger partial charge in [-0.25, -0.2) is 13.6 Å². The van der Waals surface area contributed by atoms with E-state index in [0.29, 0.717) is 12.4 Å². The molecule has 0 unspecified atom stereocenters. The number of aromatic nitrogens is 1. The summed E-state index contributed by atoms with van der Waals surface area (Å²) in [4.78, 5) is 4.36. The van der Waals surface area contributed by atoms with Crippen molar-refractivity contribution in [2.45, 2.75) is 11.3 Å². The summed E-state index contributed by atoms with van der Waals surface area (Å²) in [6.45, 7) is 0.675. The smallest absolute Gasteiger partial charge is 0.238 e. The Kier molecular flexibility index (Phi) is 4.77. The highest BCUT2D eigenvalue weighted by atomic mass is 32.2. The van der Waals surface area contributed by atoms with Gasteiger partial charge in [0.2, 0.25) is 15.9 Å². The van der Waals surface area contributed by atoms with Gasteiger partial charge in [-0.2, -0.15) is 4.98 Å². The van der Waals surface area contributed by atoms with Crippen molar-refractivity contribution in [3.05, 3.63) is 48.0 Å². The standard InChI is InChI=1S/C14H17N3O3S/c1-20-14-4-2-3-13(17-14)16-10-9-11-5-7-12(8-6-11)21(15,18)19/h2-8H,9-10H2,1H3,(H,16,17)(H2,15,18,19). The summed E-state index contributed by atoms with van der Waals surface area (Å²) >= 11 is 0. The highest BCUT2D eigenvalue weighted by Crippen LogP contribution is 2.12. The first-order chi connectivity index (χ1) is 9.99. The predicted molar refractivity (Wildman–Crippen MR) is 80.8 cm³/mol. The molecule has 0 amide bonds. The van der Waals surface area contributed by atoms with E-state index in [2.05, 4.69) is 10.3 Å². The molecular formula is C14H17N3O3S. The third-order valence-electron chi connectivity index (χ3n) is 2.90. The molecule has 2 rings (SSSR count). The lowest BCUT2D eigenvalue weighted by atomic mass is 10.1. The molecule has 0 aliphatic rings. The molecule has 0 spiro atoms. The van der Waals surface area contributed by atoms with Crippen molar-refractivity contribution in [2.24, 2.45) is 5.14 Å². The average molecular weight is 307 g/mol. The van der Waals surface area contributed by atoms with E-state index >= 15 is 0 Å². The van der Waals surface area contributed by atoms with Crippen LogP contribution in [-0.4, -0.2) is 27.1 Å². The van der Waals surface area contributed by atoms with Crippen LogP contribution in [0, 0.1) is 0 Å². The number of benzene rings is 1. The molecule has 0 aliphatic heterocycles. The zero-order chi connectivity index (χ0) is 15.3. The molecular weight excluding hydrogens is 290 g/mol. The van der Waals surface area contributed by atoms with Crippen LogP contribution < -0.4 is 15.2 Å². The van der Waals surface area contributed by atoms with Gasteiger partial charge in [0, 0.05) is 12.6 Å². The maximum Gasteiger partial charge on any atom is 0.238 e. The number of nitrogens with one attached hydrogen (secondary N) is 1. The molecule has 0 atom stereocenters. The molecule has 0 radical (unpaired) electrons. The van der Waals surface area contributed by atoms with E-state index in [9.17, 15) is 8.42 Å². The van der Waals surface area contributed by atoms with E-state index in [4.69, 9.17) is 9.88 Å². The number of nitrogens with zero attached hydrogens (tertiary/aromatic N) is 1. The number of hydrogen-bond acceptors (Lipinski definition) is 5. The van der Waals surface area contributed by atoms with Crippen LogP contribution in [0.4, 0.5) is 5.82 Å². The third kappa shape index (κ3) is 4.44. The topological polar surface area (TPSA) is 94.3 Å². The van der Waals surface area contributed by atoms with Gasteiger partial charge in [-0.05, 0) is 30.2 Å². The minimum Gasteiger partial charge on any atom is -0.481 e. The molecule has 112 valence electrons. The molecule has 1 heterocycles. The van der Waals surface area contributed by atoms with Crippen LogP contribution in [0.3, 0.4) is 0 Å². The highest BCUT2D eigenvalue weighted by molar-refractivity contribution is 7.89. The second-order valence-electron chi connectivity index (χ2n) is 4.43. The molecule has 3 N–H and O–H groups in total. The van der Waals surface area contributed by atoms with E-state index in [1.165, 1.54) is 12.1 Å². The van der Waals surface area contributed by atoms with E-state index in [1.54, 1.807) is 25.3 Å². The molecule has 21 heavy (non-hydrogen) atoms. The maximum atomic E-state index is 11.1. The van der Waals surface area contributed by atoms with Crippen LogP contribution in [0.2, 0.25) is 0 Å². The minimum atomic E-state index is -3.63. The van der Waals surface area contributed by atoms with Crippen LogP contribution in [0.1, 0.15) is 5.56 Å². The van der Waals surface area contributed by atoms with E-state index < -0.39 is 10.0 Å². The fourth-order valence-corrected chi connectivity index (χ4v) is 2.32. The molecule has 1 aromatic carbocycles. The first kappa shape index (κ1) is 15.3. The van der Waals surface area contributed by atoms with Crippen molar-refractivity contribution in [3.8, 4) is 5.88 Å². The number of sulfonamides is 1. The Morgan fingerprint density at radius 2 is 1.90 bits per heavy atom. The summed E-state index contributed by atoms with van der Waals surface area (Å²) in [7, 11) is -2.06. The first-order valence-electron chi connectivity index (χ1n) is 6.36. The Morgan fingerprint density at radius 3 is 2.52 bits per heavy atom. The molecule has 2 aromatic rings. The van der Waals surface area contributed by atoms with Crippen LogP contribution in [0.5, 0.6) is 5.88 Å². The monoisotopic (exact) mass is 307 g/mol. The summed E-state index contributed by atoms with van der Waals surface area (Å²) in [6, 6.07) is 12.0. The van der Waals surface area contributed by atoms with Gasteiger partial charge >= 0.3 is 0 Å². The molecule has 0 aliphatic carbocycles. The predicted octanol–water partition coefficient (Wildman–Crippen LogP) is 1.39. The SMILES string of the molecule is COc1cccc(NCCc2ccc(S(N)(=O)=O)cc2)n1. The first-order valence-corrected chi connectivity index (χ1v) is 7.90. The second kappa shape index (κ2) is 6.55. The summed E-state index contributed by atoms with van der Waals surface area (Å²) < 4.78 is 27.3. The fourth-order valence-electron chi connectivity index (χ4n) is 1.81. The van der Waals surface area contributed by atoms with Gasteiger partial charge < -0.3 is 10.1 Å². The van der Waals surface area contributed by atoms with Gasteiger partial charge in [0.05, 0.1) is 12.0 Å². The van der Waals surface area contributed by atoms with E-state index in [-0.39, 0.29) is 4.90 Å². The second-order valence-corrected chi connectivity index (χ2v) is 5.99. The van der Waals surface area contributed by atoms with Crippen molar-refractivity contribution in [2.75, 3.05) is 19.0 Å². The number of ether oxygens (including phenoxy) is 1. The quantitative estimate of drug-likeness (QED) is 0.841. The highest BCUT2D eigenvalue weighted by Gasteiger charge is 2.06.